The lowest BCUT2D eigenvalue weighted by Gasteiger charge is -2.14. The lowest BCUT2D eigenvalue weighted by molar-refractivity contribution is -0.384. The molecule has 0 aliphatic heterocycles. The Hall–Kier alpha value is -2.64. The van der Waals surface area contributed by atoms with Crippen molar-refractivity contribution in [1.82, 2.24) is 0 Å². The summed E-state index contributed by atoms with van der Waals surface area (Å²) in [6.07, 6.45) is -0.309. The Bertz CT molecular complexity index is 597. The molecule has 22 heavy (non-hydrogen) atoms. The molecule has 2 N–H and O–H groups in total. The number of carbonyl (C=O) groups is 2. The average Bonchev–Trinajstić information content (AvgIpc) is 2.36. The van der Waals surface area contributed by atoms with Crippen molar-refractivity contribution < 1.29 is 24.4 Å². The summed E-state index contributed by atoms with van der Waals surface area (Å²) >= 11 is 0. The third kappa shape index (κ3) is 4.44. The Morgan fingerprint density at radius 3 is 2.50 bits per heavy atom. The van der Waals surface area contributed by atoms with E-state index in [9.17, 15) is 24.8 Å². The molecule has 120 valence electrons. The molecule has 0 atom stereocenters. The maximum Gasteiger partial charge on any atom is 0.411 e. The number of nitro benzene ring substituents is 1. The molecular formula is C14H18N2O6. The number of rotatable bonds is 6. The van der Waals surface area contributed by atoms with Crippen LogP contribution in [0.25, 0.3) is 0 Å². The van der Waals surface area contributed by atoms with Gasteiger partial charge >= 0.3 is 12.1 Å². The zero-order valence-corrected chi connectivity index (χ0v) is 12.6. The van der Waals surface area contributed by atoms with Gasteiger partial charge in [0.1, 0.15) is 0 Å². The number of anilines is 1. The number of nitrogens with zero attached hydrogens (tertiary/aromatic N) is 1. The number of hydrogen-bond donors (Lipinski definition) is 2. The van der Waals surface area contributed by atoms with E-state index in [1.165, 1.54) is 6.07 Å². The fourth-order valence-corrected chi connectivity index (χ4v) is 1.96. The van der Waals surface area contributed by atoms with Gasteiger partial charge in [-0.3, -0.25) is 15.4 Å². The second-order valence-corrected chi connectivity index (χ2v) is 4.92. The number of amides is 1. The third-order valence-electron chi connectivity index (χ3n) is 2.73. The first-order valence-corrected chi connectivity index (χ1v) is 6.78. The highest BCUT2D eigenvalue weighted by atomic mass is 16.6. The number of hydrogen-bond acceptors (Lipinski definition) is 5. The highest BCUT2D eigenvalue weighted by Crippen LogP contribution is 2.28. The highest BCUT2D eigenvalue weighted by Gasteiger charge is 2.22. The van der Waals surface area contributed by atoms with Crippen LogP contribution in [0.1, 0.15) is 43.1 Å². The predicted octanol–water partition coefficient (Wildman–Crippen LogP) is 3.20. The van der Waals surface area contributed by atoms with Gasteiger partial charge in [-0.25, -0.2) is 9.59 Å². The van der Waals surface area contributed by atoms with Crippen molar-refractivity contribution >= 4 is 23.4 Å². The number of carboxylic acids is 1. The lowest BCUT2D eigenvalue weighted by atomic mass is 10.00. The van der Waals surface area contributed by atoms with E-state index in [1.54, 1.807) is 13.8 Å². The first-order chi connectivity index (χ1) is 10.3. The van der Waals surface area contributed by atoms with Crippen LogP contribution < -0.4 is 5.32 Å². The molecule has 0 aromatic heterocycles. The van der Waals surface area contributed by atoms with E-state index in [4.69, 9.17) is 4.74 Å². The molecule has 1 aromatic rings. The van der Waals surface area contributed by atoms with Crippen LogP contribution in [0.15, 0.2) is 12.1 Å². The minimum absolute atomic E-state index is 0.143. The molecule has 1 aromatic carbocycles. The minimum Gasteiger partial charge on any atom is -0.478 e. The molecule has 0 heterocycles. The molecule has 8 heteroatoms. The maximum atomic E-state index is 11.7. The van der Waals surface area contributed by atoms with E-state index in [1.807, 2.05) is 6.92 Å². The van der Waals surface area contributed by atoms with Crippen LogP contribution in [0.5, 0.6) is 0 Å². The quantitative estimate of drug-likeness (QED) is 0.615. The molecule has 0 saturated carbocycles. The summed E-state index contributed by atoms with van der Waals surface area (Å²) in [7, 11) is 0. The Balaban J connectivity index is 3.34. The number of ether oxygens (including phenoxy) is 1. The topological polar surface area (TPSA) is 119 Å². The number of nitro groups is 1. The van der Waals surface area contributed by atoms with Gasteiger partial charge in [0.25, 0.3) is 5.69 Å². The monoisotopic (exact) mass is 310 g/mol. The highest BCUT2D eigenvalue weighted by molar-refractivity contribution is 6.00. The van der Waals surface area contributed by atoms with Gasteiger partial charge in [0.15, 0.2) is 0 Å². The smallest absolute Gasteiger partial charge is 0.411 e. The van der Waals surface area contributed by atoms with E-state index < -0.39 is 23.1 Å². The SMILES string of the molecule is CCCc1cc([N+](=O)[O-])cc(NC(=O)OC(C)C)c1C(=O)O. The molecule has 0 spiro atoms. The fourth-order valence-electron chi connectivity index (χ4n) is 1.96. The van der Waals surface area contributed by atoms with Crippen molar-refractivity contribution in [3.8, 4) is 0 Å². The molecule has 8 nitrogen and oxygen atoms in total. The average molecular weight is 310 g/mol. The second kappa shape index (κ2) is 7.39. The summed E-state index contributed by atoms with van der Waals surface area (Å²) < 4.78 is 4.88. The van der Waals surface area contributed by atoms with Gasteiger partial charge in [-0.2, -0.15) is 0 Å². The summed E-state index contributed by atoms with van der Waals surface area (Å²) in [5, 5.41) is 22.6. The Kier molecular flexibility index (Phi) is 5.85. The molecule has 0 unspecified atom stereocenters. The van der Waals surface area contributed by atoms with E-state index in [0.29, 0.717) is 18.4 Å². The van der Waals surface area contributed by atoms with Crippen molar-refractivity contribution in [2.45, 2.75) is 39.7 Å². The van der Waals surface area contributed by atoms with Crippen molar-refractivity contribution in [2.75, 3.05) is 5.32 Å². The number of non-ortho nitro benzene ring substituents is 1. The summed E-state index contributed by atoms with van der Waals surface area (Å²) in [4.78, 5) is 33.4. The first-order valence-electron chi connectivity index (χ1n) is 6.78. The predicted molar refractivity (Wildman–Crippen MR) is 79.3 cm³/mol. The standard InChI is InChI=1S/C14H18N2O6/c1-4-5-9-6-10(16(20)21)7-11(12(9)13(17)18)15-14(19)22-8(2)3/h6-8H,4-5H2,1-3H3,(H,15,19)(H,17,18). The van der Waals surface area contributed by atoms with Crippen LogP contribution in [0.2, 0.25) is 0 Å². The van der Waals surface area contributed by atoms with Gasteiger partial charge in [0.2, 0.25) is 0 Å². The van der Waals surface area contributed by atoms with E-state index in [2.05, 4.69) is 5.32 Å². The minimum atomic E-state index is -1.27. The number of carboxylic acid groups (broad SMARTS) is 1. The zero-order valence-electron chi connectivity index (χ0n) is 12.6. The van der Waals surface area contributed by atoms with Crippen LogP contribution in [-0.4, -0.2) is 28.2 Å². The molecule has 1 amide bonds. The second-order valence-electron chi connectivity index (χ2n) is 4.92. The van der Waals surface area contributed by atoms with Crippen molar-refractivity contribution in [1.29, 1.82) is 0 Å². The molecule has 0 aliphatic rings. The van der Waals surface area contributed by atoms with Gasteiger partial charge in [0, 0.05) is 12.1 Å². The van der Waals surface area contributed by atoms with Gasteiger partial charge < -0.3 is 9.84 Å². The summed E-state index contributed by atoms with van der Waals surface area (Å²) in [5.41, 5.74) is -0.290. The van der Waals surface area contributed by atoms with Gasteiger partial charge in [0.05, 0.1) is 22.3 Å². The summed E-state index contributed by atoms with van der Waals surface area (Å²) in [5.74, 6) is -1.27. The number of aryl methyl sites for hydroxylation is 1. The molecule has 0 radical (unpaired) electrons. The summed E-state index contributed by atoms with van der Waals surface area (Å²) in [6.45, 7) is 5.09. The first kappa shape index (κ1) is 17.4. The van der Waals surface area contributed by atoms with Crippen LogP contribution >= 0.6 is 0 Å². The van der Waals surface area contributed by atoms with E-state index >= 15 is 0 Å². The fraction of sp³-hybridized carbons (Fsp3) is 0.429. The van der Waals surface area contributed by atoms with Crippen LogP contribution in [-0.2, 0) is 11.2 Å². The molecule has 0 saturated heterocycles. The van der Waals surface area contributed by atoms with Crippen LogP contribution in [0, 0.1) is 10.1 Å². The number of carbonyl (C=O) groups excluding carboxylic acids is 1. The normalized spacial score (nSPS) is 10.4. The molecule has 0 fully saturated rings. The lowest BCUT2D eigenvalue weighted by Crippen LogP contribution is -2.20. The van der Waals surface area contributed by atoms with Gasteiger partial charge in [-0.15, -0.1) is 0 Å². The largest absolute Gasteiger partial charge is 0.478 e. The third-order valence-corrected chi connectivity index (χ3v) is 2.73. The van der Waals surface area contributed by atoms with E-state index in [0.717, 1.165) is 6.07 Å². The Morgan fingerprint density at radius 2 is 2.05 bits per heavy atom. The van der Waals surface area contributed by atoms with Crippen molar-refractivity contribution in [3.05, 3.63) is 33.4 Å². The van der Waals surface area contributed by atoms with Crippen LogP contribution in [0.3, 0.4) is 0 Å². The van der Waals surface area contributed by atoms with E-state index in [-0.39, 0.29) is 16.9 Å². The summed E-state index contributed by atoms with van der Waals surface area (Å²) in [6, 6.07) is 2.23. The van der Waals surface area contributed by atoms with Crippen LogP contribution in [0.4, 0.5) is 16.2 Å². The number of aromatic carboxylic acids is 1. The van der Waals surface area contributed by atoms with Crippen molar-refractivity contribution in [2.24, 2.45) is 0 Å². The maximum absolute atomic E-state index is 11.7. The number of nitrogens with one attached hydrogen (secondary N) is 1. The Labute approximate surface area is 127 Å². The molecule has 0 aliphatic carbocycles. The molecular weight excluding hydrogens is 292 g/mol. The van der Waals surface area contributed by atoms with Gasteiger partial charge in [-0.1, -0.05) is 13.3 Å². The zero-order chi connectivity index (χ0) is 16.9. The molecule has 1 rings (SSSR count). The number of benzene rings is 1. The Morgan fingerprint density at radius 1 is 1.41 bits per heavy atom. The van der Waals surface area contributed by atoms with Crippen molar-refractivity contribution in [3.63, 3.8) is 0 Å². The molecule has 0 bridgehead atoms. The van der Waals surface area contributed by atoms with Gasteiger partial charge in [-0.05, 0) is 25.8 Å².